The summed E-state index contributed by atoms with van der Waals surface area (Å²) in [6.45, 7) is 28.0. The maximum atomic E-state index is 14.6. The minimum Gasteiger partial charge on any atom is -0.479 e. The van der Waals surface area contributed by atoms with Crippen LogP contribution in [0.3, 0.4) is 0 Å². The highest BCUT2D eigenvalue weighted by molar-refractivity contribution is 5.95. The van der Waals surface area contributed by atoms with E-state index in [1.807, 2.05) is 24.3 Å². The van der Waals surface area contributed by atoms with Crippen LogP contribution in [0.4, 0.5) is 0 Å². The zero-order valence-electron chi connectivity index (χ0n) is 68.8. The van der Waals surface area contributed by atoms with E-state index >= 15 is 0 Å². The number of hydrogen-bond donors (Lipinski definition) is 16. The standard InChI is InChI=1S/C83H133N3O26/c1-43(2)68(93)66(84-63(91)35-36-82(15,16)75(100)54(13)76(101)83(17,18)81(108)109-19)72(97)50(9)40-48(7)69(94)45(4)31-33-58(87)52(11)77(102)86-65-55(14)110-80(107)67(74(99)79(105)106)85-62(90)30-28-26-24-22-20-21-23-25-27-29-56-37-44(3)38-57(111-56)41-59(88)51(10)71(96)49(8)39-47(6)70(95)46(5)32-34-61(53(12)73(65)98)112-64(92)42-60(89)78(103)104/h21,23-28,30,32,35-36,39-40,43-45,47,50-61,65-74,76,87-89,93-99,101H,20,22,29,31,33-34,37-38,41-42H2,1-19H3,(H,84,91)(H,85,90)(H,86,102)(H,103,104)(H,105,106)/b23-21?,26-24?,27-25?,30-28?,36-35+,46-32?,48-40+,49-39?/t44-,45?,47?,50?,51?,52?,53?,54?,55?,56-,57+,58?,59?,60?,61?,65?,66?,67?,68?,69?,70?,71?,72?,73?,74?,76?/m1/s1. The number of nitrogens with one attached hydrogen (secondary N) is 3. The maximum Gasteiger partial charge on any atom is 0.335 e. The van der Waals surface area contributed by atoms with Crippen molar-refractivity contribution < 1.29 is 128 Å². The first kappa shape index (κ1) is 101. The molecular formula is C83H133N3O26. The quantitative estimate of drug-likeness (QED) is 0.0216. The maximum absolute atomic E-state index is 14.6. The Balaban J connectivity index is 2.66. The van der Waals surface area contributed by atoms with E-state index in [1.54, 1.807) is 73.6 Å². The molecule has 29 heteroatoms. The smallest absolute Gasteiger partial charge is 0.335 e. The summed E-state index contributed by atoms with van der Waals surface area (Å²) in [6, 6.07) is -5.45. The molecule has 0 aromatic carbocycles. The average Bonchev–Trinajstić information content (AvgIpc) is 0.812. The highest BCUT2D eigenvalue weighted by Gasteiger charge is 2.46. The predicted molar refractivity (Wildman–Crippen MR) is 417 cm³/mol. The fourth-order valence-corrected chi connectivity index (χ4v) is 13.8. The number of carboxylic acid groups (broad SMARTS) is 2. The molecule has 1 fully saturated rings. The van der Waals surface area contributed by atoms with Crippen molar-refractivity contribution in [3.63, 3.8) is 0 Å². The third kappa shape index (κ3) is 31.9. The minimum absolute atomic E-state index is 0.0392. The van der Waals surface area contributed by atoms with Gasteiger partial charge in [0.15, 0.2) is 18.2 Å². The third-order valence-electron chi connectivity index (χ3n) is 21.7. The van der Waals surface area contributed by atoms with Crippen molar-refractivity contribution in [3.8, 4) is 0 Å². The molecule has 2 heterocycles. The molecule has 112 heavy (non-hydrogen) atoms. The minimum atomic E-state index is -2.63. The molecule has 0 aliphatic carbocycles. The SMILES string of the molecule is COC(=O)C(C)(C)C(O)C(C)C(=O)C(C)(C)/C=C/C(=O)NC(C(O)C(C)C)C(O)C(C)/C=C(\C)C(O)C(C)CCC(O)C(C)C(=O)NC1C(C)OC(=O)C(C(O)C(=O)O)NC(=O)C=CC=CCCC=CC=CC[C@@H]2C[C@@H](C)C[C@@H](CC(O)C(C)C(O)C(C)=CC(C)C(O)C(C)=CCC(OC(=O)CC(O)C(=O)O)C(C)C1O)O2. The van der Waals surface area contributed by atoms with E-state index in [0.29, 0.717) is 42.7 Å². The van der Waals surface area contributed by atoms with Crippen LogP contribution in [0.1, 0.15) is 189 Å². The highest BCUT2D eigenvalue weighted by atomic mass is 16.6. The number of rotatable bonds is 27. The summed E-state index contributed by atoms with van der Waals surface area (Å²) >= 11 is 0. The molecule has 0 aromatic heterocycles. The monoisotopic (exact) mass is 1590 g/mol. The molecular weight excluding hydrogens is 1450 g/mol. The molecule has 0 saturated carbocycles. The van der Waals surface area contributed by atoms with Crippen LogP contribution in [0.5, 0.6) is 0 Å². The summed E-state index contributed by atoms with van der Waals surface area (Å²) in [7, 11) is 1.16. The van der Waals surface area contributed by atoms with Crippen molar-refractivity contribution in [2.45, 2.75) is 299 Å². The normalized spacial score (nSPS) is 28.6. The van der Waals surface area contributed by atoms with Gasteiger partial charge in [0, 0.05) is 47.5 Å². The summed E-state index contributed by atoms with van der Waals surface area (Å²) in [4.78, 5) is 119. The topological polar surface area (TPSA) is 490 Å². The average molecular weight is 1590 g/mol. The first-order valence-electron chi connectivity index (χ1n) is 38.9. The Morgan fingerprint density at radius 1 is 0.723 bits per heavy atom. The Hall–Kier alpha value is -7.13. The van der Waals surface area contributed by atoms with Crippen LogP contribution in [-0.4, -0.2) is 237 Å². The van der Waals surface area contributed by atoms with Gasteiger partial charge in [0.2, 0.25) is 17.7 Å². The molecule has 1 saturated heterocycles. The summed E-state index contributed by atoms with van der Waals surface area (Å²) in [5.41, 5.74) is -1.75. The van der Waals surface area contributed by atoms with Gasteiger partial charge in [-0.2, -0.15) is 0 Å². The number of allylic oxidation sites excluding steroid dienone is 7. The number of Topliss-reactive ketones (excluding diaryl/α,β-unsaturated/α-hetero) is 1. The van der Waals surface area contributed by atoms with E-state index in [1.165, 1.54) is 79.7 Å². The Morgan fingerprint density at radius 3 is 1.89 bits per heavy atom. The summed E-state index contributed by atoms with van der Waals surface area (Å²) in [5, 5.41) is 153. The lowest BCUT2D eigenvalue weighted by Crippen LogP contribution is -2.58. The van der Waals surface area contributed by atoms with Gasteiger partial charge in [0.25, 0.3) is 0 Å². The Labute approximate surface area is 660 Å². The van der Waals surface area contributed by atoms with Crippen LogP contribution in [0, 0.1) is 64.1 Å². The number of amides is 3. The molecule has 26 atom stereocenters. The number of cyclic esters (lactones) is 1. The lowest BCUT2D eigenvalue weighted by atomic mass is 9.72. The summed E-state index contributed by atoms with van der Waals surface area (Å²) in [5.74, 6) is -17.6. The second-order valence-corrected chi connectivity index (χ2v) is 32.6. The highest BCUT2D eigenvalue weighted by Crippen LogP contribution is 2.36. The van der Waals surface area contributed by atoms with Crippen LogP contribution in [0.2, 0.25) is 0 Å². The predicted octanol–water partition coefficient (Wildman–Crippen LogP) is 5.26. The van der Waals surface area contributed by atoms with Crippen molar-refractivity contribution in [2.24, 2.45) is 64.1 Å². The lowest BCUT2D eigenvalue weighted by molar-refractivity contribution is -0.168. The van der Waals surface area contributed by atoms with E-state index < -0.39 is 215 Å². The number of esters is 3. The van der Waals surface area contributed by atoms with Gasteiger partial charge in [-0.3, -0.25) is 28.8 Å². The van der Waals surface area contributed by atoms with Gasteiger partial charge in [-0.1, -0.05) is 136 Å². The molecule has 3 amide bonds. The van der Waals surface area contributed by atoms with Crippen molar-refractivity contribution in [1.29, 1.82) is 0 Å². The number of carboxylic acids is 2. The second kappa shape index (κ2) is 47.7. The van der Waals surface area contributed by atoms with E-state index in [9.17, 15) is 110 Å². The van der Waals surface area contributed by atoms with Gasteiger partial charge in [-0.05, 0) is 147 Å². The Morgan fingerprint density at radius 2 is 1.31 bits per heavy atom. The molecule has 2 aliphatic rings. The molecule has 2 bridgehead atoms. The van der Waals surface area contributed by atoms with E-state index in [4.69, 9.17) is 18.9 Å². The second-order valence-electron chi connectivity index (χ2n) is 32.6. The Kier molecular flexibility index (Phi) is 43.0. The molecule has 0 radical (unpaired) electrons. The molecule has 0 aromatic rings. The number of ether oxygens (including phenoxy) is 4. The molecule has 23 unspecified atom stereocenters. The first-order valence-corrected chi connectivity index (χ1v) is 38.9. The zero-order chi connectivity index (χ0) is 85.7. The Bertz CT molecular complexity index is 3320. The number of aliphatic carboxylic acids is 2. The van der Waals surface area contributed by atoms with E-state index in [-0.39, 0.29) is 43.5 Å². The van der Waals surface area contributed by atoms with Crippen molar-refractivity contribution in [3.05, 3.63) is 95.7 Å². The fourth-order valence-electron chi connectivity index (χ4n) is 13.8. The molecule has 636 valence electrons. The number of fused-ring (bicyclic) bond motifs is 2. The van der Waals surface area contributed by atoms with Gasteiger partial charge >= 0.3 is 29.8 Å². The van der Waals surface area contributed by atoms with E-state index in [0.717, 1.165) is 32.6 Å². The first-order chi connectivity index (χ1) is 51.9. The fraction of sp³-hybridized carbons (Fsp3) is 0.699. The van der Waals surface area contributed by atoms with Gasteiger partial charge < -0.3 is 101 Å². The van der Waals surface area contributed by atoms with Crippen LogP contribution >= 0.6 is 0 Å². The van der Waals surface area contributed by atoms with Gasteiger partial charge in [-0.25, -0.2) is 14.4 Å². The van der Waals surface area contributed by atoms with Crippen LogP contribution in [0.15, 0.2) is 95.7 Å². The molecule has 2 aliphatic heterocycles. The van der Waals surface area contributed by atoms with Crippen LogP contribution < -0.4 is 16.0 Å². The van der Waals surface area contributed by atoms with E-state index in [2.05, 4.69) is 22.9 Å². The van der Waals surface area contributed by atoms with Crippen LogP contribution in [-0.2, 0) is 62.1 Å². The number of aliphatic hydroxyl groups is 11. The summed E-state index contributed by atoms with van der Waals surface area (Å²) < 4.78 is 22.7. The molecule has 16 N–H and O–H groups in total. The largest absolute Gasteiger partial charge is 0.479 e. The number of aliphatic hydroxyl groups excluding tert-OH is 11. The summed E-state index contributed by atoms with van der Waals surface area (Å²) in [6.07, 6.45) is 1.24. The molecule has 0 spiro atoms. The number of carbonyl (C=O) groups is 9. The lowest BCUT2D eigenvalue weighted by Gasteiger charge is -2.36. The van der Waals surface area contributed by atoms with Gasteiger partial charge in [-0.15, -0.1) is 0 Å². The van der Waals surface area contributed by atoms with Crippen molar-refractivity contribution >= 4 is 53.4 Å². The number of hydrogen-bond acceptors (Lipinski definition) is 24. The van der Waals surface area contributed by atoms with Crippen molar-refractivity contribution in [2.75, 3.05) is 7.11 Å². The zero-order valence-corrected chi connectivity index (χ0v) is 68.8. The van der Waals surface area contributed by atoms with Gasteiger partial charge in [0.05, 0.1) is 104 Å². The molecule has 29 nitrogen and oxygen atoms in total. The van der Waals surface area contributed by atoms with Crippen molar-refractivity contribution in [1.82, 2.24) is 16.0 Å². The number of methoxy groups -OCH3 is 1. The number of ketones is 1. The van der Waals surface area contributed by atoms with Crippen LogP contribution in [0.25, 0.3) is 0 Å². The number of carbonyl (C=O) groups excluding carboxylic acids is 7. The third-order valence-corrected chi connectivity index (χ3v) is 21.7. The molecule has 2 rings (SSSR count). The van der Waals surface area contributed by atoms with Gasteiger partial charge in [0.1, 0.15) is 18.0 Å².